The third-order valence-electron chi connectivity index (χ3n) is 0.430. The second-order valence-electron chi connectivity index (χ2n) is 1.03. The third kappa shape index (κ3) is 5.49. The van der Waals surface area contributed by atoms with E-state index in [1.54, 1.807) is 6.82 Å². The Kier molecular flexibility index (Phi) is 3.41. The van der Waals surface area contributed by atoms with E-state index in [1.807, 2.05) is 0 Å². The molecule has 0 saturated carbocycles. The van der Waals surface area contributed by atoms with Crippen molar-refractivity contribution >= 4 is 13.5 Å². The normalized spacial score (nSPS) is 8.14. The molecule has 4 heteroatoms. The lowest BCUT2D eigenvalue weighted by molar-refractivity contribution is -0.139. The van der Waals surface area contributed by atoms with Crippen molar-refractivity contribution in [1.29, 1.82) is 0 Å². The van der Waals surface area contributed by atoms with Gasteiger partial charge < -0.3 is 9.76 Å². The highest BCUT2D eigenvalue weighted by atomic mass is 16.5. The number of carboxylic acids is 1. The second kappa shape index (κ2) is 3.68. The molecule has 0 aromatic rings. The van der Waals surface area contributed by atoms with Gasteiger partial charge in [0.05, 0.1) is 0 Å². The summed E-state index contributed by atoms with van der Waals surface area (Å²) < 4.78 is 4.50. The predicted octanol–water partition coefficient (Wildman–Crippen LogP) is -0.513. The summed E-state index contributed by atoms with van der Waals surface area (Å²) in [6.45, 7) is 1.57. The predicted molar refractivity (Wildman–Crippen MR) is 26.6 cm³/mol. The summed E-state index contributed by atoms with van der Waals surface area (Å²) in [4.78, 5) is 9.63. The Bertz CT molecular complexity index is 63.2. The van der Waals surface area contributed by atoms with E-state index in [0.717, 1.165) is 0 Å². The fourth-order valence-electron chi connectivity index (χ4n) is 0.189. The van der Waals surface area contributed by atoms with Crippen molar-refractivity contribution < 1.29 is 14.6 Å². The summed E-state index contributed by atoms with van der Waals surface area (Å²) in [5.74, 6) is -0.915. The van der Waals surface area contributed by atoms with Gasteiger partial charge in [-0.2, -0.15) is 0 Å². The van der Waals surface area contributed by atoms with Gasteiger partial charge in [0.1, 0.15) is 6.61 Å². The van der Waals surface area contributed by atoms with Gasteiger partial charge in [0.25, 0.3) is 7.48 Å². The topological polar surface area (TPSA) is 46.5 Å². The summed E-state index contributed by atoms with van der Waals surface area (Å²) >= 11 is 0. The van der Waals surface area contributed by atoms with E-state index in [1.165, 1.54) is 0 Å². The maximum absolute atomic E-state index is 9.63. The van der Waals surface area contributed by atoms with Gasteiger partial charge in [-0.15, -0.1) is 0 Å². The van der Waals surface area contributed by atoms with Crippen LogP contribution in [0.1, 0.15) is 0 Å². The maximum Gasteiger partial charge on any atom is 0.327 e. The Hall–Kier alpha value is -0.505. The monoisotopic (exact) mass is 102 g/mol. The molecule has 0 aliphatic carbocycles. The van der Waals surface area contributed by atoms with Gasteiger partial charge in [0, 0.05) is 0 Å². The van der Waals surface area contributed by atoms with E-state index < -0.39 is 5.97 Å². The van der Waals surface area contributed by atoms with E-state index in [2.05, 4.69) is 4.65 Å². The zero-order chi connectivity index (χ0) is 5.70. The van der Waals surface area contributed by atoms with E-state index in [0.29, 0.717) is 7.48 Å². The van der Waals surface area contributed by atoms with Gasteiger partial charge in [-0.1, -0.05) is 6.82 Å². The number of carbonyl (C=O) groups is 1. The summed E-state index contributed by atoms with van der Waals surface area (Å²) in [6.07, 6.45) is 0. The van der Waals surface area contributed by atoms with Crippen LogP contribution in [-0.2, 0) is 9.45 Å². The lowest BCUT2D eigenvalue weighted by Crippen LogP contribution is -2.07. The molecular weight excluding hydrogens is 94.8 g/mol. The fourth-order valence-corrected chi connectivity index (χ4v) is 0.189. The SMILES string of the molecule is CBOCC(=O)O. The molecule has 1 N–H and O–H groups in total. The van der Waals surface area contributed by atoms with Crippen LogP contribution in [0.2, 0.25) is 6.82 Å². The standard InChI is InChI=1S/C3H7BO3/c1-4-7-2-3(5)6/h4H,2H2,1H3,(H,5,6). The van der Waals surface area contributed by atoms with Crippen LogP contribution in [0.5, 0.6) is 0 Å². The first kappa shape index (κ1) is 6.49. The Labute approximate surface area is 42.6 Å². The highest BCUT2D eigenvalue weighted by molar-refractivity contribution is 6.25. The van der Waals surface area contributed by atoms with Crippen LogP contribution in [0.3, 0.4) is 0 Å². The lowest BCUT2D eigenvalue weighted by Gasteiger charge is -1.89. The van der Waals surface area contributed by atoms with Crippen LogP contribution in [0.4, 0.5) is 0 Å². The minimum absolute atomic E-state index is 0.184. The summed E-state index contributed by atoms with van der Waals surface area (Å²) in [7, 11) is 0.465. The van der Waals surface area contributed by atoms with Crippen molar-refractivity contribution in [2.45, 2.75) is 6.82 Å². The zero-order valence-corrected chi connectivity index (χ0v) is 4.18. The Morgan fingerprint density at radius 2 is 2.57 bits per heavy atom. The summed E-state index contributed by atoms with van der Waals surface area (Å²) in [5, 5.41) is 7.92. The smallest absolute Gasteiger partial charge is 0.327 e. The molecule has 0 aromatic carbocycles. The molecule has 0 saturated heterocycles. The van der Waals surface area contributed by atoms with Crippen molar-refractivity contribution in [3.05, 3.63) is 0 Å². The van der Waals surface area contributed by atoms with Gasteiger partial charge in [0.15, 0.2) is 0 Å². The third-order valence-corrected chi connectivity index (χ3v) is 0.430. The van der Waals surface area contributed by atoms with Crippen LogP contribution in [0.15, 0.2) is 0 Å². The van der Waals surface area contributed by atoms with Crippen LogP contribution in [0, 0.1) is 0 Å². The van der Waals surface area contributed by atoms with Crippen molar-refractivity contribution in [2.75, 3.05) is 6.61 Å². The van der Waals surface area contributed by atoms with Gasteiger partial charge in [0.2, 0.25) is 0 Å². The van der Waals surface area contributed by atoms with Crippen molar-refractivity contribution in [2.24, 2.45) is 0 Å². The molecular formula is C3H7BO3. The molecule has 3 nitrogen and oxygen atoms in total. The molecule has 0 rings (SSSR count). The Morgan fingerprint density at radius 3 is 2.71 bits per heavy atom. The molecule has 0 atom stereocenters. The quantitative estimate of drug-likeness (QED) is 0.488. The van der Waals surface area contributed by atoms with Gasteiger partial charge >= 0.3 is 5.97 Å². The largest absolute Gasteiger partial charge is 0.480 e. The Morgan fingerprint density at radius 1 is 2.00 bits per heavy atom. The number of hydrogen-bond acceptors (Lipinski definition) is 2. The molecule has 0 fully saturated rings. The number of hydrogen-bond donors (Lipinski definition) is 1. The number of rotatable bonds is 3. The molecule has 7 heavy (non-hydrogen) atoms. The first-order chi connectivity index (χ1) is 3.27. The average Bonchev–Trinajstić information content (AvgIpc) is 1.61. The number of aliphatic carboxylic acids is 1. The van der Waals surface area contributed by atoms with E-state index in [-0.39, 0.29) is 6.61 Å². The zero-order valence-electron chi connectivity index (χ0n) is 4.18. The number of carboxylic acid groups (broad SMARTS) is 1. The van der Waals surface area contributed by atoms with Crippen molar-refractivity contribution in [3.63, 3.8) is 0 Å². The summed E-state index contributed by atoms with van der Waals surface area (Å²) in [5.41, 5.74) is 0. The van der Waals surface area contributed by atoms with E-state index >= 15 is 0 Å². The van der Waals surface area contributed by atoms with Crippen LogP contribution in [-0.4, -0.2) is 25.2 Å². The van der Waals surface area contributed by atoms with E-state index in [9.17, 15) is 4.79 Å². The Balaban J connectivity index is 2.82. The van der Waals surface area contributed by atoms with E-state index in [4.69, 9.17) is 5.11 Å². The fraction of sp³-hybridized carbons (Fsp3) is 0.667. The highest BCUT2D eigenvalue weighted by Crippen LogP contribution is 1.67. The molecule has 0 amide bonds. The molecule has 0 aliphatic heterocycles. The van der Waals surface area contributed by atoms with Gasteiger partial charge in [-0.25, -0.2) is 4.79 Å². The molecule has 0 aromatic heterocycles. The molecule has 40 valence electrons. The maximum atomic E-state index is 9.63. The first-order valence-electron chi connectivity index (χ1n) is 2.07. The minimum Gasteiger partial charge on any atom is -0.480 e. The summed E-state index contributed by atoms with van der Waals surface area (Å²) in [6, 6.07) is 0. The molecule has 0 aliphatic rings. The molecule has 0 spiro atoms. The first-order valence-corrected chi connectivity index (χ1v) is 2.07. The van der Waals surface area contributed by atoms with Crippen LogP contribution >= 0.6 is 0 Å². The average molecular weight is 102 g/mol. The highest BCUT2D eigenvalue weighted by Gasteiger charge is 1.91. The minimum atomic E-state index is -0.915. The van der Waals surface area contributed by atoms with Crippen molar-refractivity contribution in [1.82, 2.24) is 0 Å². The van der Waals surface area contributed by atoms with Crippen LogP contribution in [0.25, 0.3) is 0 Å². The molecule has 0 bridgehead atoms. The van der Waals surface area contributed by atoms with Crippen molar-refractivity contribution in [3.8, 4) is 0 Å². The molecule has 0 radical (unpaired) electrons. The second-order valence-corrected chi connectivity index (χ2v) is 1.03. The van der Waals surface area contributed by atoms with Crippen LogP contribution < -0.4 is 0 Å². The van der Waals surface area contributed by atoms with Gasteiger partial charge in [-0.3, -0.25) is 0 Å². The van der Waals surface area contributed by atoms with Gasteiger partial charge in [-0.05, 0) is 0 Å². The molecule has 0 unspecified atom stereocenters. The lowest BCUT2D eigenvalue weighted by atomic mass is 10.1. The molecule has 0 heterocycles.